The fourth-order valence-electron chi connectivity index (χ4n) is 8.79. The number of aromatic nitrogens is 2. The molecule has 9 amide bonds. The van der Waals surface area contributed by atoms with Crippen LogP contribution >= 0.6 is 0 Å². The summed E-state index contributed by atoms with van der Waals surface area (Å²) in [5.41, 5.74) is 35.8. The molecular formula is C57H89N17O11. The van der Waals surface area contributed by atoms with E-state index in [1.54, 1.807) is 88.4 Å². The number of nitrogens with two attached hydrogens (primary N) is 6. The van der Waals surface area contributed by atoms with Crippen molar-refractivity contribution in [2.24, 2.45) is 51.2 Å². The van der Waals surface area contributed by atoms with Crippen molar-refractivity contribution >= 4 is 65.1 Å². The second kappa shape index (κ2) is 37.6. The SMILES string of the molecule is CC[C@H](C)[C@H](NC(=O)[C@H](Cc1ccccc1)NC(=O)[C@@H](N)C(C)C)C(=O)N[C@@H](Cc1cnc[nH]1)C(=O)N[C@@H](CC(N)=O)C(=O)N[C@@H](Cc1ccccc1)C(=O)N[C@@H](CCCCN)C(=O)N[C@@H](CCCN=C(N)N)C(=O)N[C@@H](CCCCN)C(=O)O. The van der Waals surface area contributed by atoms with Crippen molar-refractivity contribution in [3.8, 4) is 0 Å². The fraction of sp³-hybridized carbons (Fsp3) is 0.544. The van der Waals surface area contributed by atoms with E-state index in [-0.39, 0.29) is 69.9 Å². The van der Waals surface area contributed by atoms with Crippen molar-refractivity contribution in [2.75, 3.05) is 19.6 Å². The van der Waals surface area contributed by atoms with Gasteiger partial charge in [0.05, 0.1) is 18.8 Å². The summed E-state index contributed by atoms with van der Waals surface area (Å²) in [5.74, 6) is -10.1. The lowest BCUT2D eigenvalue weighted by Crippen LogP contribution is -2.62. The number of carboxylic acid groups (broad SMARTS) is 1. The minimum absolute atomic E-state index is 0.0108. The number of aliphatic carboxylic acids is 1. The van der Waals surface area contributed by atoms with Gasteiger partial charge in [0.2, 0.25) is 53.2 Å². The lowest BCUT2D eigenvalue weighted by atomic mass is 9.96. The number of hydrogen-bond donors (Lipinski definition) is 16. The predicted octanol–water partition coefficient (Wildman–Crippen LogP) is -2.38. The number of guanidine groups is 1. The molecule has 0 aliphatic heterocycles. The van der Waals surface area contributed by atoms with Crippen molar-refractivity contribution in [3.05, 3.63) is 90.0 Å². The Labute approximate surface area is 495 Å². The van der Waals surface area contributed by atoms with Crippen LogP contribution in [0.3, 0.4) is 0 Å². The van der Waals surface area contributed by atoms with Crippen LogP contribution < -0.4 is 76.9 Å². The zero-order chi connectivity index (χ0) is 63.0. The highest BCUT2D eigenvalue weighted by molar-refractivity contribution is 5.99. The summed E-state index contributed by atoms with van der Waals surface area (Å²) in [4.78, 5) is 149. The first kappa shape index (κ1) is 70.8. The number of benzene rings is 2. The number of hydrogen-bond acceptors (Lipinski definition) is 15. The molecule has 1 heterocycles. The molecule has 2 aromatic carbocycles. The summed E-state index contributed by atoms with van der Waals surface area (Å²) >= 11 is 0. The molecule has 0 radical (unpaired) electrons. The summed E-state index contributed by atoms with van der Waals surface area (Å²) in [6.45, 7) is 7.60. The average Bonchev–Trinajstić information content (AvgIpc) is 3.97. The molecule has 85 heavy (non-hydrogen) atoms. The van der Waals surface area contributed by atoms with Crippen molar-refractivity contribution in [2.45, 2.75) is 166 Å². The molecule has 0 aliphatic rings. The highest BCUT2D eigenvalue weighted by Crippen LogP contribution is 2.14. The van der Waals surface area contributed by atoms with E-state index in [1.165, 1.54) is 12.5 Å². The first-order valence-corrected chi connectivity index (χ1v) is 28.7. The molecule has 0 bridgehead atoms. The topological polar surface area (TPSA) is 484 Å². The number of carboxylic acids is 1. The molecule has 0 fully saturated rings. The number of nitrogens with one attached hydrogen (secondary N) is 9. The number of amides is 9. The number of unbranched alkanes of at least 4 members (excludes halogenated alkanes) is 2. The van der Waals surface area contributed by atoms with Crippen LogP contribution in [0.5, 0.6) is 0 Å². The van der Waals surface area contributed by atoms with E-state index >= 15 is 0 Å². The number of carbonyl (C=O) groups excluding carboxylic acids is 9. The van der Waals surface area contributed by atoms with Crippen LogP contribution in [0.1, 0.15) is 109 Å². The van der Waals surface area contributed by atoms with Crippen molar-refractivity contribution in [1.82, 2.24) is 52.5 Å². The highest BCUT2D eigenvalue weighted by atomic mass is 16.4. The Morgan fingerprint density at radius 1 is 0.541 bits per heavy atom. The van der Waals surface area contributed by atoms with E-state index < -0.39 is 126 Å². The van der Waals surface area contributed by atoms with Gasteiger partial charge in [-0.05, 0) is 87.4 Å². The molecule has 10 atom stereocenters. The van der Waals surface area contributed by atoms with Gasteiger partial charge in [-0.2, -0.15) is 0 Å². The molecule has 0 spiro atoms. The largest absolute Gasteiger partial charge is 0.480 e. The Morgan fingerprint density at radius 3 is 1.42 bits per heavy atom. The molecule has 0 saturated heterocycles. The Bertz CT molecular complexity index is 2640. The zero-order valence-corrected chi connectivity index (χ0v) is 49.0. The van der Waals surface area contributed by atoms with Gasteiger partial charge in [0, 0.05) is 37.7 Å². The smallest absolute Gasteiger partial charge is 0.326 e. The number of nitrogens with zero attached hydrogens (tertiary/aromatic N) is 2. The van der Waals surface area contributed by atoms with Gasteiger partial charge in [0.25, 0.3) is 0 Å². The fourth-order valence-corrected chi connectivity index (χ4v) is 8.79. The number of carbonyl (C=O) groups is 10. The third-order valence-electron chi connectivity index (χ3n) is 14.0. The molecule has 22 N–H and O–H groups in total. The Hall–Kier alpha value is -8.50. The number of H-pyrrole nitrogens is 1. The predicted molar refractivity (Wildman–Crippen MR) is 317 cm³/mol. The average molecular weight is 1190 g/mol. The first-order valence-electron chi connectivity index (χ1n) is 28.7. The second-order valence-electron chi connectivity index (χ2n) is 21.3. The summed E-state index contributed by atoms with van der Waals surface area (Å²) in [6, 6.07) is 5.12. The maximum atomic E-state index is 14.6. The van der Waals surface area contributed by atoms with Crippen LogP contribution in [0.25, 0.3) is 0 Å². The van der Waals surface area contributed by atoms with Gasteiger partial charge in [-0.1, -0.05) is 94.8 Å². The molecule has 3 aromatic rings. The van der Waals surface area contributed by atoms with Gasteiger partial charge in [-0.25, -0.2) is 9.78 Å². The summed E-state index contributed by atoms with van der Waals surface area (Å²) < 4.78 is 0. The third kappa shape index (κ3) is 25.9. The number of aromatic amines is 1. The Kier molecular flexibility index (Phi) is 31.3. The number of imidazole rings is 1. The highest BCUT2D eigenvalue weighted by Gasteiger charge is 2.37. The maximum absolute atomic E-state index is 14.6. The lowest BCUT2D eigenvalue weighted by Gasteiger charge is -2.29. The molecule has 28 nitrogen and oxygen atoms in total. The quantitative estimate of drug-likeness (QED) is 0.0161. The maximum Gasteiger partial charge on any atom is 0.326 e. The standard InChI is InChI=1S/C57H89N17O11/c1-5-34(4)47(74-53(81)42(28-36-19-10-7-11-20-36)72-54(82)46(61)33(2)3)55(83)73-43(29-37-31-64-32-66-37)51(79)71-44(30-45(60)75)52(80)70-41(27-35-17-8-6-9-18-35)50(78)68-38(21-12-14-24-58)48(76)67-39(23-16-26-65-57(62)63)49(77)69-40(56(84)85)22-13-15-25-59/h6-11,17-20,31-34,38-44,46-47H,5,12-16,21-30,58-59,61H2,1-4H3,(H2,60,75)(H,64,66)(H,67,76)(H,68,78)(H,69,77)(H,70,80)(H,71,79)(H,72,82)(H,73,83)(H,74,81)(H,84,85)(H4,62,63,65)/t34-,38-,39-,40-,41-,42-,43-,44-,46-,47-/m0/s1. The molecular weight excluding hydrogens is 1100 g/mol. The molecule has 0 aliphatic carbocycles. The van der Waals surface area contributed by atoms with Crippen LogP contribution in [0.4, 0.5) is 0 Å². The molecule has 28 heteroatoms. The van der Waals surface area contributed by atoms with Crippen LogP contribution in [-0.2, 0) is 67.2 Å². The second-order valence-corrected chi connectivity index (χ2v) is 21.3. The van der Waals surface area contributed by atoms with Crippen LogP contribution in [0, 0.1) is 11.8 Å². The van der Waals surface area contributed by atoms with E-state index in [1.807, 2.05) is 0 Å². The van der Waals surface area contributed by atoms with Crippen molar-refractivity contribution in [1.29, 1.82) is 0 Å². The van der Waals surface area contributed by atoms with Crippen molar-refractivity contribution < 1.29 is 53.1 Å². The summed E-state index contributed by atoms with van der Waals surface area (Å²) in [5, 5.41) is 31.1. The van der Waals surface area contributed by atoms with Crippen molar-refractivity contribution in [3.63, 3.8) is 0 Å². The molecule has 3 rings (SSSR count). The van der Waals surface area contributed by atoms with E-state index in [4.69, 9.17) is 34.4 Å². The third-order valence-corrected chi connectivity index (χ3v) is 14.0. The number of rotatable bonds is 40. The van der Waals surface area contributed by atoms with Gasteiger partial charge in [0.1, 0.15) is 48.3 Å². The number of aliphatic imine (C=N–C) groups is 1. The van der Waals surface area contributed by atoms with Gasteiger partial charge in [-0.15, -0.1) is 0 Å². The van der Waals surface area contributed by atoms with Gasteiger partial charge in [0.15, 0.2) is 5.96 Å². The van der Waals surface area contributed by atoms with Gasteiger partial charge < -0.3 is 87.0 Å². The van der Waals surface area contributed by atoms with Crippen LogP contribution in [0.15, 0.2) is 78.2 Å². The number of primary amides is 1. The Morgan fingerprint density at radius 2 is 0.965 bits per heavy atom. The monoisotopic (exact) mass is 1190 g/mol. The molecule has 0 unspecified atom stereocenters. The van der Waals surface area contributed by atoms with Gasteiger partial charge in [-0.3, -0.25) is 48.1 Å². The molecule has 1 aromatic heterocycles. The van der Waals surface area contributed by atoms with E-state index in [2.05, 4.69) is 57.5 Å². The van der Waals surface area contributed by atoms with E-state index in [0.717, 1.165) is 0 Å². The lowest BCUT2D eigenvalue weighted by molar-refractivity contribution is -0.142. The normalized spacial score (nSPS) is 14.6. The summed E-state index contributed by atoms with van der Waals surface area (Å²) in [7, 11) is 0. The minimum Gasteiger partial charge on any atom is -0.480 e. The van der Waals surface area contributed by atoms with E-state index in [0.29, 0.717) is 55.5 Å². The van der Waals surface area contributed by atoms with Crippen LogP contribution in [-0.4, -0.2) is 154 Å². The van der Waals surface area contributed by atoms with Gasteiger partial charge >= 0.3 is 5.97 Å². The first-order chi connectivity index (χ1) is 40.5. The van der Waals surface area contributed by atoms with E-state index in [9.17, 15) is 53.1 Å². The molecule has 0 saturated carbocycles. The molecule has 468 valence electrons. The minimum atomic E-state index is -1.77. The summed E-state index contributed by atoms with van der Waals surface area (Å²) in [6.07, 6.45) is 3.69. The zero-order valence-electron chi connectivity index (χ0n) is 49.0. The van der Waals surface area contributed by atoms with Crippen LogP contribution in [0.2, 0.25) is 0 Å². The Balaban J connectivity index is 1.98.